The third kappa shape index (κ3) is 6.62. The summed E-state index contributed by atoms with van der Waals surface area (Å²) in [5.74, 6) is -1.49. The predicted octanol–water partition coefficient (Wildman–Crippen LogP) is 0.837. The van der Waals surface area contributed by atoms with Crippen LogP contribution < -0.4 is 5.32 Å². The highest BCUT2D eigenvalue weighted by molar-refractivity contribution is 7.91. The first-order valence-corrected chi connectivity index (χ1v) is 11.5. The molecule has 0 aliphatic carbocycles. The van der Waals surface area contributed by atoms with Crippen LogP contribution in [-0.2, 0) is 24.2 Å². The predicted molar refractivity (Wildman–Crippen MR) is 101 cm³/mol. The number of rotatable bonds is 9. The molecule has 1 atom stereocenters. The maximum absolute atomic E-state index is 12.4. The van der Waals surface area contributed by atoms with Gasteiger partial charge in [0.05, 0.1) is 16.4 Å². The van der Waals surface area contributed by atoms with E-state index in [1.165, 1.54) is 16.2 Å². The average Bonchev–Trinajstić information content (AvgIpc) is 3.28. The summed E-state index contributed by atoms with van der Waals surface area (Å²) in [6, 6.07) is 2.99. The van der Waals surface area contributed by atoms with E-state index in [9.17, 15) is 22.8 Å². The van der Waals surface area contributed by atoms with Crippen LogP contribution in [0.15, 0.2) is 17.5 Å². The first kappa shape index (κ1) is 21.4. The SMILES string of the molecule is CCCCN(C(=O)COC(=O)CNC(=O)c1cccs1)[C@@H]1CCS(=O)(=O)C1. The van der Waals surface area contributed by atoms with Crippen molar-refractivity contribution in [2.24, 2.45) is 0 Å². The zero-order chi connectivity index (χ0) is 19.9. The highest BCUT2D eigenvalue weighted by Gasteiger charge is 2.34. The van der Waals surface area contributed by atoms with Crippen LogP contribution in [0.25, 0.3) is 0 Å². The van der Waals surface area contributed by atoms with Crippen LogP contribution in [0.5, 0.6) is 0 Å². The van der Waals surface area contributed by atoms with Gasteiger partial charge >= 0.3 is 5.97 Å². The molecular formula is C17H24N2O6S2. The summed E-state index contributed by atoms with van der Waals surface area (Å²) in [4.78, 5) is 38.0. The summed E-state index contributed by atoms with van der Waals surface area (Å²) in [7, 11) is -3.12. The molecule has 0 aromatic carbocycles. The Balaban J connectivity index is 1.81. The molecule has 1 aliphatic rings. The number of hydrogen-bond acceptors (Lipinski definition) is 7. The lowest BCUT2D eigenvalue weighted by Crippen LogP contribution is -2.44. The van der Waals surface area contributed by atoms with Crippen LogP contribution in [0.2, 0.25) is 0 Å². The monoisotopic (exact) mass is 416 g/mol. The minimum atomic E-state index is -3.12. The van der Waals surface area contributed by atoms with Gasteiger partial charge in [-0.1, -0.05) is 19.4 Å². The highest BCUT2D eigenvalue weighted by atomic mass is 32.2. The number of thiophene rings is 1. The molecule has 150 valence electrons. The van der Waals surface area contributed by atoms with Crippen molar-refractivity contribution in [2.45, 2.75) is 32.2 Å². The largest absolute Gasteiger partial charge is 0.454 e. The Kier molecular flexibility index (Phi) is 7.78. The van der Waals surface area contributed by atoms with Gasteiger partial charge in [-0.25, -0.2) is 8.42 Å². The van der Waals surface area contributed by atoms with Gasteiger partial charge in [0.25, 0.3) is 11.8 Å². The fourth-order valence-electron chi connectivity index (χ4n) is 2.78. The molecule has 2 heterocycles. The van der Waals surface area contributed by atoms with Crippen molar-refractivity contribution < 1.29 is 27.5 Å². The van der Waals surface area contributed by atoms with E-state index >= 15 is 0 Å². The van der Waals surface area contributed by atoms with Gasteiger partial charge < -0.3 is 15.0 Å². The van der Waals surface area contributed by atoms with Crippen molar-refractivity contribution in [2.75, 3.05) is 31.2 Å². The summed E-state index contributed by atoms with van der Waals surface area (Å²) in [5, 5.41) is 4.18. The number of nitrogens with one attached hydrogen (secondary N) is 1. The molecule has 1 aromatic heterocycles. The summed E-state index contributed by atoms with van der Waals surface area (Å²) < 4.78 is 28.3. The Morgan fingerprint density at radius 2 is 2.15 bits per heavy atom. The van der Waals surface area contributed by atoms with Crippen LogP contribution in [0.3, 0.4) is 0 Å². The molecule has 0 unspecified atom stereocenters. The van der Waals surface area contributed by atoms with E-state index in [0.717, 1.165) is 12.8 Å². The van der Waals surface area contributed by atoms with E-state index < -0.39 is 28.3 Å². The fourth-order valence-corrected chi connectivity index (χ4v) is 5.15. The van der Waals surface area contributed by atoms with Crippen molar-refractivity contribution in [1.82, 2.24) is 10.2 Å². The van der Waals surface area contributed by atoms with Crippen molar-refractivity contribution in [1.29, 1.82) is 0 Å². The number of unbranched alkanes of at least 4 members (excludes halogenated alkanes) is 1. The number of hydrogen-bond donors (Lipinski definition) is 1. The van der Waals surface area contributed by atoms with Crippen molar-refractivity contribution in [3.63, 3.8) is 0 Å². The molecule has 0 bridgehead atoms. The minimum Gasteiger partial charge on any atom is -0.454 e. The van der Waals surface area contributed by atoms with Gasteiger partial charge in [0.15, 0.2) is 16.4 Å². The van der Waals surface area contributed by atoms with Crippen molar-refractivity contribution in [3.8, 4) is 0 Å². The van der Waals surface area contributed by atoms with E-state index in [1.807, 2.05) is 6.92 Å². The van der Waals surface area contributed by atoms with E-state index in [0.29, 0.717) is 17.8 Å². The van der Waals surface area contributed by atoms with Crippen molar-refractivity contribution >= 4 is 39.0 Å². The number of carbonyl (C=O) groups is 3. The van der Waals surface area contributed by atoms with E-state index in [2.05, 4.69) is 5.32 Å². The van der Waals surface area contributed by atoms with Crippen LogP contribution in [0.1, 0.15) is 35.9 Å². The zero-order valence-corrected chi connectivity index (χ0v) is 16.8. The smallest absolute Gasteiger partial charge is 0.325 e. The standard InChI is InChI=1S/C17H24N2O6S2/c1-2-3-7-19(13-6-9-27(23,24)12-13)15(20)11-25-16(21)10-18-17(22)14-5-4-8-26-14/h4-5,8,13H,2-3,6-7,9-12H2,1H3,(H,18,22)/t13-/m1/s1. The number of ether oxygens (including phenoxy) is 1. The molecule has 1 N–H and O–H groups in total. The normalized spacial score (nSPS) is 18.0. The highest BCUT2D eigenvalue weighted by Crippen LogP contribution is 2.18. The summed E-state index contributed by atoms with van der Waals surface area (Å²) in [6.45, 7) is 1.61. The number of carbonyl (C=O) groups excluding carboxylic acids is 3. The first-order chi connectivity index (χ1) is 12.8. The van der Waals surface area contributed by atoms with Gasteiger partial charge in [-0.15, -0.1) is 11.3 Å². The maximum atomic E-state index is 12.4. The van der Waals surface area contributed by atoms with Crippen LogP contribution in [-0.4, -0.2) is 68.3 Å². The lowest BCUT2D eigenvalue weighted by Gasteiger charge is -2.28. The Morgan fingerprint density at radius 3 is 2.74 bits per heavy atom. The Hall–Kier alpha value is -1.94. The lowest BCUT2D eigenvalue weighted by atomic mass is 10.2. The summed E-state index contributed by atoms with van der Waals surface area (Å²) in [6.07, 6.45) is 2.01. The molecule has 27 heavy (non-hydrogen) atoms. The second-order valence-corrected chi connectivity index (χ2v) is 9.49. The van der Waals surface area contributed by atoms with Crippen LogP contribution in [0, 0.1) is 0 Å². The molecule has 1 fully saturated rings. The fraction of sp³-hybridized carbons (Fsp3) is 0.588. The number of nitrogens with zero attached hydrogens (tertiary/aromatic N) is 1. The number of esters is 1. The molecule has 8 nitrogen and oxygen atoms in total. The van der Waals surface area contributed by atoms with Gasteiger partial charge in [-0.3, -0.25) is 14.4 Å². The third-order valence-corrected chi connectivity index (χ3v) is 6.84. The molecule has 0 saturated carbocycles. The summed E-state index contributed by atoms with van der Waals surface area (Å²) >= 11 is 1.25. The Morgan fingerprint density at radius 1 is 1.37 bits per heavy atom. The van der Waals surface area contributed by atoms with E-state index in [1.54, 1.807) is 17.5 Å². The second-order valence-electron chi connectivity index (χ2n) is 6.32. The quantitative estimate of drug-likeness (QED) is 0.597. The average molecular weight is 417 g/mol. The molecular weight excluding hydrogens is 392 g/mol. The van der Waals surface area contributed by atoms with Crippen molar-refractivity contribution in [3.05, 3.63) is 22.4 Å². The summed E-state index contributed by atoms with van der Waals surface area (Å²) in [5.41, 5.74) is 0. The molecule has 1 saturated heterocycles. The molecule has 1 aliphatic heterocycles. The molecule has 2 amide bonds. The zero-order valence-electron chi connectivity index (χ0n) is 15.2. The molecule has 2 rings (SSSR count). The second kappa shape index (κ2) is 9.84. The molecule has 0 spiro atoms. The van der Waals surface area contributed by atoms with Gasteiger partial charge in [0, 0.05) is 12.6 Å². The molecule has 10 heteroatoms. The third-order valence-electron chi connectivity index (χ3n) is 4.22. The van der Waals surface area contributed by atoms with Gasteiger partial charge in [0.2, 0.25) is 0 Å². The lowest BCUT2D eigenvalue weighted by molar-refractivity contribution is -0.152. The van der Waals surface area contributed by atoms with Crippen LogP contribution >= 0.6 is 11.3 Å². The van der Waals surface area contributed by atoms with Crippen LogP contribution in [0.4, 0.5) is 0 Å². The number of sulfone groups is 1. The Labute approximate surface area is 162 Å². The minimum absolute atomic E-state index is 0.0483. The maximum Gasteiger partial charge on any atom is 0.325 e. The number of amides is 2. The molecule has 1 aromatic rings. The van der Waals surface area contributed by atoms with Gasteiger partial charge in [-0.2, -0.15) is 0 Å². The van der Waals surface area contributed by atoms with E-state index in [-0.39, 0.29) is 30.0 Å². The Bertz CT molecular complexity index is 760. The van der Waals surface area contributed by atoms with E-state index in [4.69, 9.17) is 4.74 Å². The van der Waals surface area contributed by atoms with Gasteiger partial charge in [-0.05, 0) is 24.3 Å². The van der Waals surface area contributed by atoms with Gasteiger partial charge in [0.1, 0.15) is 6.54 Å². The topological polar surface area (TPSA) is 110 Å². The first-order valence-electron chi connectivity index (χ1n) is 8.79. The molecule has 0 radical (unpaired) electrons.